The molecule has 0 fully saturated rings. The summed E-state index contributed by atoms with van der Waals surface area (Å²) in [6.07, 6.45) is 8.05. The maximum absolute atomic E-state index is 11.5. The van der Waals surface area contributed by atoms with Crippen molar-refractivity contribution in [3.05, 3.63) is 11.6 Å². The van der Waals surface area contributed by atoms with Gasteiger partial charge >= 0.3 is 0 Å². The highest BCUT2D eigenvalue weighted by Crippen LogP contribution is 2.36. The van der Waals surface area contributed by atoms with Gasteiger partial charge in [-0.2, -0.15) is 0 Å². The molecule has 0 radical (unpaired) electrons. The van der Waals surface area contributed by atoms with Crippen molar-refractivity contribution in [3.63, 3.8) is 0 Å². The van der Waals surface area contributed by atoms with E-state index in [1.54, 1.807) is 6.08 Å². The minimum absolute atomic E-state index is 0.135. The first-order valence-corrected chi connectivity index (χ1v) is 11.6. The molecule has 0 heterocycles. The van der Waals surface area contributed by atoms with E-state index in [0.717, 1.165) is 37.9 Å². The van der Waals surface area contributed by atoms with Crippen LogP contribution in [-0.4, -0.2) is 31.9 Å². The molecule has 3 nitrogen and oxygen atoms in total. The number of carbonyl (C=O) groups excluding carboxylic acids is 1. The number of ketones is 1. The summed E-state index contributed by atoms with van der Waals surface area (Å²) in [5, 5.41) is 9.68. The summed E-state index contributed by atoms with van der Waals surface area (Å²) in [7, 11) is -1.58. The van der Waals surface area contributed by atoms with Crippen LogP contribution in [0.25, 0.3) is 0 Å². The van der Waals surface area contributed by atoms with Gasteiger partial charge in [0.25, 0.3) is 0 Å². The molecule has 1 N–H and O–H groups in total. The Morgan fingerprint density at radius 1 is 1.18 bits per heavy atom. The molecule has 0 aromatic rings. The summed E-state index contributed by atoms with van der Waals surface area (Å²) in [5.41, 5.74) is 0.841. The molecule has 128 valence electrons. The lowest BCUT2D eigenvalue weighted by atomic mass is 10.0. The summed E-state index contributed by atoms with van der Waals surface area (Å²) in [5.74, 6) is 0.135. The maximum atomic E-state index is 11.5. The minimum atomic E-state index is -1.58. The first-order chi connectivity index (χ1) is 10.1. The average Bonchev–Trinajstić information content (AvgIpc) is 2.69. The molecule has 1 atom stereocenters. The van der Waals surface area contributed by atoms with Crippen LogP contribution in [0.3, 0.4) is 0 Å². The average molecular weight is 327 g/mol. The van der Waals surface area contributed by atoms with Gasteiger partial charge in [-0.25, -0.2) is 0 Å². The van der Waals surface area contributed by atoms with Gasteiger partial charge in [0.2, 0.25) is 0 Å². The van der Waals surface area contributed by atoms with Crippen molar-refractivity contribution in [2.45, 2.75) is 90.0 Å². The van der Waals surface area contributed by atoms with E-state index in [0.29, 0.717) is 11.5 Å². The Kier molecular flexibility index (Phi) is 7.49. The second kappa shape index (κ2) is 8.41. The van der Waals surface area contributed by atoms with Crippen molar-refractivity contribution >= 4 is 14.1 Å². The highest BCUT2D eigenvalue weighted by molar-refractivity contribution is 6.74. The molecule has 0 aromatic carbocycles. The van der Waals surface area contributed by atoms with Crippen LogP contribution in [0.2, 0.25) is 18.1 Å². The van der Waals surface area contributed by atoms with Crippen LogP contribution in [0.5, 0.6) is 0 Å². The fourth-order valence-corrected chi connectivity index (χ4v) is 3.51. The predicted molar refractivity (Wildman–Crippen MR) is 94.6 cm³/mol. The molecule has 0 aromatic heterocycles. The number of carbonyl (C=O) groups is 1. The Morgan fingerprint density at radius 2 is 1.77 bits per heavy atom. The molecule has 1 rings (SSSR count). The van der Waals surface area contributed by atoms with Crippen LogP contribution in [0.15, 0.2) is 11.6 Å². The van der Waals surface area contributed by atoms with Gasteiger partial charge in [0.1, 0.15) is 0 Å². The Morgan fingerprint density at radius 3 is 2.32 bits per heavy atom. The van der Waals surface area contributed by atoms with Gasteiger partial charge in [-0.1, -0.05) is 40.0 Å². The highest BCUT2D eigenvalue weighted by Gasteiger charge is 2.36. The van der Waals surface area contributed by atoms with E-state index >= 15 is 0 Å². The van der Waals surface area contributed by atoms with Crippen molar-refractivity contribution < 1.29 is 14.3 Å². The van der Waals surface area contributed by atoms with E-state index < -0.39 is 14.4 Å². The number of unbranched alkanes of at least 4 members (excludes halogenated alkanes) is 4. The van der Waals surface area contributed by atoms with Crippen LogP contribution < -0.4 is 0 Å². The van der Waals surface area contributed by atoms with Gasteiger partial charge in [-0.15, -0.1) is 0 Å². The number of rotatable bonds is 9. The molecule has 1 aliphatic carbocycles. The molecule has 0 bridgehead atoms. The van der Waals surface area contributed by atoms with Crippen LogP contribution >= 0.6 is 0 Å². The fourth-order valence-electron chi connectivity index (χ4n) is 2.42. The van der Waals surface area contributed by atoms with Gasteiger partial charge < -0.3 is 9.53 Å². The zero-order valence-electron chi connectivity index (χ0n) is 15.1. The number of hydrogen-bond donors (Lipinski definition) is 1. The normalized spacial score (nSPS) is 19.6. The number of allylic oxidation sites excluding steroid dienone is 1. The topological polar surface area (TPSA) is 46.5 Å². The number of aliphatic hydroxyl groups excluding tert-OH is 1. The largest absolute Gasteiger partial charge is 0.417 e. The van der Waals surface area contributed by atoms with Crippen LogP contribution in [-0.2, 0) is 9.22 Å². The summed E-state index contributed by atoms with van der Waals surface area (Å²) in [6.45, 7) is 12.3. The van der Waals surface area contributed by atoms with Crippen molar-refractivity contribution in [1.29, 1.82) is 0 Å². The number of hydrogen-bond acceptors (Lipinski definition) is 3. The molecule has 0 aliphatic heterocycles. The van der Waals surface area contributed by atoms with Crippen LogP contribution in [0.1, 0.15) is 65.7 Å². The second-order valence-corrected chi connectivity index (χ2v) is 12.8. The zero-order valence-corrected chi connectivity index (χ0v) is 16.1. The minimum Gasteiger partial charge on any atom is -0.417 e. The van der Waals surface area contributed by atoms with Crippen LogP contribution in [0, 0.1) is 0 Å². The SMILES string of the molecule is CC(C)(C)[Si](C)(C)OCCCCCCCC1=C[C@H](O)CC1=O. The Balaban J connectivity index is 2.03. The first-order valence-electron chi connectivity index (χ1n) is 8.69. The van der Waals surface area contributed by atoms with E-state index in [1.165, 1.54) is 12.8 Å². The second-order valence-electron chi connectivity index (χ2n) is 8.01. The van der Waals surface area contributed by atoms with E-state index in [2.05, 4.69) is 33.9 Å². The van der Waals surface area contributed by atoms with E-state index in [9.17, 15) is 9.90 Å². The van der Waals surface area contributed by atoms with Gasteiger partial charge in [-0.3, -0.25) is 4.79 Å². The third-order valence-corrected chi connectivity index (χ3v) is 9.54. The Hall–Kier alpha value is -0.453. The predicted octanol–water partition coefficient (Wildman–Crippen LogP) is 4.61. The quantitative estimate of drug-likeness (QED) is 0.497. The standard InChI is InChI=1S/C18H34O3Si/c1-18(2,3)22(4,5)21-12-10-8-6-7-9-11-15-13-16(19)14-17(15)20/h13,16,19H,6-12,14H2,1-5H3/t16-/m0/s1. The monoisotopic (exact) mass is 326 g/mol. The Labute approximate surface area is 137 Å². The van der Waals surface area contributed by atoms with Crippen molar-refractivity contribution in [2.24, 2.45) is 0 Å². The smallest absolute Gasteiger partial charge is 0.191 e. The molecule has 0 spiro atoms. The van der Waals surface area contributed by atoms with Crippen molar-refractivity contribution in [3.8, 4) is 0 Å². The zero-order chi connectivity index (χ0) is 16.8. The number of Topliss-reactive ketones (excluding diaryl/α,β-unsaturated/α-hetero) is 1. The lowest BCUT2D eigenvalue weighted by Gasteiger charge is -2.36. The van der Waals surface area contributed by atoms with Crippen molar-refractivity contribution in [2.75, 3.05) is 6.61 Å². The van der Waals surface area contributed by atoms with E-state index in [1.807, 2.05) is 0 Å². The summed E-state index contributed by atoms with van der Waals surface area (Å²) in [6, 6.07) is 0. The van der Waals surface area contributed by atoms with E-state index in [4.69, 9.17) is 4.43 Å². The third-order valence-electron chi connectivity index (χ3n) is 5.01. The third kappa shape index (κ3) is 6.35. The molecule has 0 amide bonds. The molecule has 4 heteroatoms. The van der Waals surface area contributed by atoms with Gasteiger partial charge in [0.15, 0.2) is 14.1 Å². The molecule has 0 saturated carbocycles. The summed E-state index contributed by atoms with van der Waals surface area (Å²) < 4.78 is 6.16. The molecule has 0 saturated heterocycles. The van der Waals surface area contributed by atoms with Gasteiger partial charge in [0, 0.05) is 13.0 Å². The van der Waals surface area contributed by atoms with Gasteiger partial charge in [0.05, 0.1) is 6.10 Å². The van der Waals surface area contributed by atoms with Crippen LogP contribution in [0.4, 0.5) is 0 Å². The fraction of sp³-hybridized carbons (Fsp3) is 0.833. The molecular weight excluding hydrogens is 292 g/mol. The molecule has 22 heavy (non-hydrogen) atoms. The Bertz CT molecular complexity index is 394. The summed E-state index contributed by atoms with van der Waals surface area (Å²) in [4.78, 5) is 11.5. The van der Waals surface area contributed by atoms with Crippen molar-refractivity contribution in [1.82, 2.24) is 0 Å². The van der Waals surface area contributed by atoms with E-state index in [-0.39, 0.29) is 5.78 Å². The lowest BCUT2D eigenvalue weighted by molar-refractivity contribution is -0.115. The summed E-state index contributed by atoms with van der Waals surface area (Å²) >= 11 is 0. The lowest BCUT2D eigenvalue weighted by Crippen LogP contribution is -2.40. The first kappa shape index (κ1) is 19.6. The molecular formula is C18H34O3Si. The highest BCUT2D eigenvalue weighted by atomic mass is 28.4. The molecule has 1 aliphatic rings. The number of aliphatic hydroxyl groups is 1. The van der Waals surface area contributed by atoms with Gasteiger partial charge in [-0.05, 0) is 49.0 Å². The maximum Gasteiger partial charge on any atom is 0.191 e. The molecule has 0 unspecified atom stereocenters.